The van der Waals surface area contributed by atoms with Crippen LogP contribution in [-0.2, 0) is 6.54 Å². The quantitative estimate of drug-likeness (QED) is 0.326. The molecular formula is C25H31N7O2. The Hall–Kier alpha value is -3.46. The van der Waals surface area contributed by atoms with Crippen LogP contribution in [0, 0.1) is 0 Å². The summed E-state index contributed by atoms with van der Waals surface area (Å²) in [5, 5.41) is 16.9. The van der Waals surface area contributed by atoms with Crippen molar-refractivity contribution in [1.29, 1.82) is 0 Å². The normalized spacial score (nSPS) is 16.1. The predicted molar refractivity (Wildman–Crippen MR) is 131 cm³/mol. The number of nitrogens with zero attached hydrogens (tertiary/aromatic N) is 5. The summed E-state index contributed by atoms with van der Waals surface area (Å²) in [5.41, 5.74) is 4.42. The van der Waals surface area contributed by atoms with Crippen LogP contribution in [0.3, 0.4) is 0 Å². The number of anilines is 2. The van der Waals surface area contributed by atoms with Gasteiger partial charge in [-0.05, 0) is 43.9 Å². The average molecular weight is 462 g/mol. The first-order valence-corrected chi connectivity index (χ1v) is 12.0. The van der Waals surface area contributed by atoms with E-state index in [9.17, 15) is 5.11 Å². The van der Waals surface area contributed by atoms with E-state index in [1.807, 2.05) is 37.6 Å². The van der Waals surface area contributed by atoms with E-state index in [-0.39, 0.29) is 6.04 Å². The second kappa shape index (κ2) is 9.80. The number of imidazole rings is 1. The molecular weight excluding hydrogens is 430 g/mol. The molecule has 9 nitrogen and oxygen atoms in total. The molecule has 4 heterocycles. The Bertz CT molecular complexity index is 1210. The number of aromatic nitrogens is 5. The highest BCUT2D eigenvalue weighted by atomic mass is 16.3. The highest BCUT2D eigenvalue weighted by molar-refractivity contribution is 5.84. The number of aliphatic hydroxyl groups excluding tert-OH is 1. The monoisotopic (exact) mass is 461 g/mol. The fourth-order valence-corrected chi connectivity index (χ4v) is 4.58. The minimum Gasteiger partial charge on any atom is -0.472 e. The van der Waals surface area contributed by atoms with Gasteiger partial charge in [-0.15, -0.1) is 0 Å². The summed E-state index contributed by atoms with van der Waals surface area (Å²) in [5.74, 6) is 1.17. The molecule has 5 rings (SSSR count). The Morgan fingerprint density at radius 2 is 2.03 bits per heavy atom. The van der Waals surface area contributed by atoms with E-state index in [4.69, 9.17) is 14.4 Å². The Morgan fingerprint density at radius 3 is 2.71 bits per heavy atom. The van der Waals surface area contributed by atoms with E-state index in [1.165, 1.54) is 12.8 Å². The van der Waals surface area contributed by atoms with Crippen molar-refractivity contribution in [1.82, 2.24) is 24.5 Å². The maximum Gasteiger partial charge on any atom is 0.227 e. The molecule has 1 saturated carbocycles. The molecule has 2 atom stereocenters. The third kappa shape index (κ3) is 4.61. The molecule has 0 radical (unpaired) electrons. The lowest BCUT2D eigenvalue weighted by Crippen LogP contribution is -2.31. The fourth-order valence-electron chi connectivity index (χ4n) is 4.58. The Morgan fingerprint density at radius 1 is 1.18 bits per heavy atom. The van der Waals surface area contributed by atoms with Gasteiger partial charge in [-0.1, -0.05) is 25.8 Å². The largest absolute Gasteiger partial charge is 0.472 e. The second-order valence-corrected chi connectivity index (χ2v) is 8.98. The summed E-state index contributed by atoms with van der Waals surface area (Å²) >= 11 is 0. The van der Waals surface area contributed by atoms with Gasteiger partial charge in [0.2, 0.25) is 5.95 Å². The van der Waals surface area contributed by atoms with Crippen LogP contribution in [0.2, 0.25) is 0 Å². The SMILES string of the molecule is CCC(Nc1nc(NCc2ccc(-c3ccoc3)nc2)c2ncn(C3CCCC3)c2n1)[C@@H](C)O. The highest BCUT2D eigenvalue weighted by Crippen LogP contribution is 2.33. The molecule has 9 heteroatoms. The molecule has 0 aliphatic heterocycles. The molecule has 0 amide bonds. The minimum atomic E-state index is -0.514. The first-order chi connectivity index (χ1) is 16.6. The zero-order chi connectivity index (χ0) is 23.5. The van der Waals surface area contributed by atoms with Crippen molar-refractivity contribution in [3.63, 3.8) is 0 Å². The van der Waals surface area contributed by atoms with E-state index in [0.29, 0.717) is 24.4 Å². The number of fused-ring (bicyclic) bond motifs is 1. The van der Waals surface area contributed by atoms with Crippen LogP contribution in [0.15, 0.2) is 47.7 Å². The van der Waals surface area contributed by atoms with Crippen LogP contribution in [0.5, 0.6) is 0 Å². The molecule has 3 N–H and O–H groups in total. The molecule has 4 aromatic heterocycles. The van der Waals surface area contributed by atoms with E-state index < -0.39 is 6.10 Å². The van der Waals surface area contributed by atoms with Crippen LogP contribution in [0.25, 0.3) is 22.4 Å². The van der Waals surface area contributed by atoms with Gasteiger partial charge in [-0.25, -0.2) is 4.98 Å². The number of rotatable bonds is 9. The van der Waals surface area contributed by atoms with Crippen molar-refractivity contribution in [2.45, 2.75) is 70.7 Å². The summed E-state index contributed by atoms with van der Waals surface area (Å²) in [6.07, 6.45) is 12.1. The van der Waals surface area contributed by atoms with Crippen LogP contribution in [0.4, 0.5) is 11.8 Å². The van der Waals surface area contributed by atoms with Gasteiger partial charge in [-0.3, -0.25) is 4.98 Å². The summed E-state index contributed by atoms with van der Waals surface area (Å²) < 4.78 is 7.33. The standard InChI is InChI=1S/C25H31N7O2/c1-3-20(16(2)33)29-25-30-23(22-24(31-25)32(15-28-22)19-6-4-5-7-19)27-13-17-8-9-21(26-12-17)18-10-11-34-14-18/h8-12,14-16,19-20,33H,3-7,13H2,1-2H3,(H2,27,29,30,31)/t16-,20?/m1/s1. The van der Waals surface area contributed by atoms with Crippen LogP contribution in [0.1, 0.15) is 57.6 Å². The van der Waals surface area contributed by atoms with E-state index in [1.54, 1.807) is 19.5 Å². The number of aliphatic hydroxyl groups is 1. The molecule has 34 heavy (non-hydrogen) atoms. The van der Waals surface area contributed by atoms with Crippen molar-refractivity contribution in [2.75, 3.05) is 10.6 Å². The smallest absolute Gasteiger partial charge is 0.227 e. The van der Waals surface area contributed by atoms with Crippen LogP contribution in [-0.4, -0.2) is 41.8 Å². The highest BCUT2D eigenvalue weighted by Gasteiger charge is 2.23. The van der Waals surface area contributed by atoms with Crippen molar-refractivity contribution < 1.29 is 9.52 Å². The number of hydrogen-bond acceptors (Lipinski definition) is 8. The van der Waals surface area contributed by atoms with E-state index in [2.05, 4.69) is 25.2 Å². The van der Waals surface area contributed by atoms with Crippen molar-refractivity contribution in [3.8, 4) is 11.3 Å². The summed E-state index contributed by atoms with van der Waals surface area (Å²) in [4.78, 5) is 18.8. The maximum absolute atomic E-state index is 10.1. The molecule has 1 aliphatic carbocycles. The van der Waals surface area contributed by atoms with Gasteiger partial charge in [0.1, 0.15) is 0 Å². The molecule has 1 unspecified atom stereocenters. The molecule has 1 aliphatic rings. The number of hydrogen-bond donors (Lipinski definition) is 3. The summed E-state index contributed by atoms with van der Waals surface area (Å²) in [6.45, 7) is 4.36. The Kier molecular flexibility index (Phi) is 6.44. The van der Waals surface area contributed by atoms with E-state index >= 15 is 0 Å². The molecule has 4 aromatic rings. The third-order valence-corrected chi connectivity index (χ3v) is 6.58. The molecule has 0 aromatic carbocycles. The summed E-state index contributed by atoms with van der Waals surface area (Å²) in [6, 6.07) is 6.20. The van der Waals surface area contributed by atoms with Gasteiger partial charge in [0.15, 0.2) is 17.0 Å². The van der Waals surface area contributed by atoms with Crippen LogP contribution < -0.4 is 10.6 Å². The van der Waals surface area contributed by atoms with E-state index in [0.717, 1.165) is 47.2 Å². The van der Waals surface area contributed by atoms with Gasteiger partial charge in [-0.2, -0.15) is 9.97 Å². The minimum absolute atomic E-state index is 0.132. The van der Waals surface area contributed by atoms with Gasteiger partial charge >= 0.3 is 0 Å². The first kappa shape index (κ1) is 22.3. The number of nitrogens with one attached hydrogen (secondary N) is 2. The predicted octanol–water partition coefficient (Wildman–Crippen LogP) is 4.78. The molecule has 0 spiro atoms. The van der Waals surface area contributed by atoms with Gasteiger partial charge in [0.25, 0.3) is 0 Å². The lowest BCUT2D eigenvalue weighted by molar-refractivity contribution is 0.169. The Labute approximate surface area is 198 Å². The molecule has 0 bridgehead atoms. The zero-order valence-corrected chi connectivity index (χ0v) is 19.6. The maximum atomic E-state index is 10.1. The van der Waals surface area contributed by atoms with Crippen molar-refractivity contribution in [3.05, 3.63) is 48.8 Å². The summed E-state index contributed by atoms with van der Waals surface area (Å²) in [7, 11) is 0. The average Bonchev–Trinajstić information content (AvgIpc) is 3.62. The van der Waals surface area contributed by atoms with Crippen molar-refractivity contribution in [2.24, 2.45) is 0 Å². The van der Waals surface area contributed by atoms with Gasteiger partial charge < -0.3 is 24.7 Å². The molecule has 1 fully saturated rings. The third-order valence-electron chi connectivity index (χ3n) is 6.58. The van der Waals surface area contributed by atoms with Gasteiger partial charge in [0, 0.05) is 24.3 Å². The first-order valence-electron chi connectivity index (χ1n) is 12.0. The van der Waals surface area contributed by atoms with Crippen molar-refractivity contribution >= 4 is 22.9 Å². The molecule has 178 valence electrons. The topological polar surface area (TPSA) is 114 Å². The lowest BCUT2D eigenvalue weighted by atomic mass is 10.1. The second-order valence-electron chi connectivity index (χ2n) is 8.98. The van der Waals surface area contributed by atoms with Crippen LogP contribution >= 0.6 is 0 Å². The number of pyridine rings is 1. The Balaban J connectivity index is 1.42. The zero-order valence-electron chi connectivity index (χ0n) is 19.6. The molecule has 0 saturated heterocycles. The number of furan rings is 1. The lowest BCUT2D eigenvalue weighted by Gasteiger charge is -2.20. The van der Waals surface area contributed by atoms with Gasteiger partial charge in [0.05, 0.1) is 36.7 Å². The fraction of sp³-hybridized carbons (Fsp3) is 0.440.